The Bertz CT molecular complexity index is 871. The van der Waals surface area contributed by atoms with Gasteiger partial charge in [0.2, 0.25) is 0 Å². The van der Waals surface area contributed by atoms with Gasteiger partial charge in [-0.15, -0.1) is 0 Å². The van der Waals surface area contributed by atoms with Crippen molar-refractivity contribution in [1.29, 1.82) is 0 Å². The quantitative estimate of drug-likeness (QED) is 0.803. The molecule has 1 N–H and O–H groups in total. The monoisotopic (exact) mass is 312 g/mol. The molecule has 0 aliphatic carbocycles. The maximum absolute atomic E-state index is 4.89. The van der Waals surface area contributed by atoms with Gasteiger partial charge in [0.1, 0.15) is 5.71 Å². The third-order valence-electron chi connectivity index (χ3n) is 3.84. The predicted molar refractivity (Wildman–Crippen MR) is 96.1 cm³/mol. The van der Waals surface area contributed by atoms with E-state index in [4.69, 9.17) is 4.99 Å². The number of pyridine rings is 1. The Hall–Kier alpha value is -3.27. The summed E-state index contributed by atoms with van der Waals surface area (Å²) in [6.07, 6.45) is 1.49. The van der Waals surface area contributed by atoms with Gasteiger partial charge in [0.05, 0.1) is 11.4 Å². The van der Waals surface area contributed by atoms with Crippen LogP contribution in [-0.2, 0) is 0 Å². The van der Waals surface area contributed by atoms with E-state index in [-0.39, 0.29) is 6.17 Å². The zero-order valence-corrected chi connectivity index (χ0v) is 13.0. The Morgan fingerprint density at radius 2 is 1.29 bits per heavy atom. The third kappa shape index (κ3) is 2.82. The molecular weight excluding hydrogens is 296 g/mol. The topological polar surface area (TPSA) is 49.6 Å². The number of nitrogens with one attached hydrogen (secondary N) is 1. The van der Waals surface area contributed by atoms with E-state index in [9.17, 15) is 0 Å². The van der Waals surface area contributed by atoms with E-state index in [0.717, 1.165) is 28.2 Å². The summed E-state index contributed by atoms with van der Waals surface area (Å²) in [7, 11) is 0. The first-order valence-corrected chi connectivity index (χ1v) is 7.85. The largest absolute Gasteiger partial charge is 0.279 e. The molecule has 2 aromatic carbocycles. The second-order valence-corrected chi connectivity index (χ2v) is 5.46. The number of aliphatic imine (C=N–C) groups is 1. The van der Waals surface area contributed by atoms with Crippen molar-refractivity contribution in [3.63, 3.8) is 0 Å². The number of benzene rings is 2. The molecule has 4 rings (SSSR count). The van der Waals surface area contributed by atoms with E-state index in [0.29, 0.717) is 0 Å². The Morgan fingerprint density at radius 3 is 1.92 bits per heavy atom. The molecule has 0 bridgehead atoms. The molecule has 0 saturated carbocycles. The summed E-state index contributed by atoms with van der Waals surface area (Å²) in [6.45, 7) is 0. The Kier molecular flexibility index (Phi) is 3.86. The van der Waals surface area contributed by atoms with Crippen molar-refractivity contribution in [2.45, 2.75) is 6.17 Å². The van der Waals surface area contributed by atoms with Crippen molar-refractivity contribution in [2.75, 3.05) is 0 Å². The second-order valence-electron chi connectivity index (χ2n) is 5.46. The van der Waals surface area contributed by atoms with E-state index in [2.05, 4.69) is 27.6 Å². The molecule has 2 heterocycles. The highest BCUT2D eigenvalue weighted by Gasteiger charge is 2.22. The summed E-state index contributed by atoms with van der Waals surface area (Å²) in [5.74, 6) is 0. The van der Waals surface area contributed by atoms with Gasteiger partial charge < -0.3 is 0 Å². The second kappa shape index (κ2) is 6.46. The standard InChI is InChI=1S/C20H16N4/c1-3-9-15(10-4-1)18-19(16-11-5-2-6-12-16)23-24-20(22-18)17-13-7-8-14-21-17/h1-14,20,24H. The minimum Gasteiger partial charge on any atom is -0.279 e. The molecule has 1 aliphatic heterocycles. The number of hydrogen-bond donors (Lipinski definition) is 1. The molecule has 24 heavy (non-hydrogen) atoms. The summed E-state index contributed by atoms with van der Waals surface area (Å²) in [5.41, 5.74) is 7.76. The summed E-state index contributed by atoms with van der Waals surface area (Å²) in [5, 5.41) is 4.61. The molecule has 1 aliphatic rings. The SMILES string of the molecule is c1ccc(C2=NNC(c3ccccn3)N=C2c2ccccc2)cc1. The van der Waals surface area contributed by atoms with E-state index in [1.807, 2.05) is 66.7 Å². The van der Waals surface area contributed by atoms with E-state index < -0.39 is 0 Å². The van der Waals surface area contributed by atoms with Crippen molar-refractivity contribution >= 4 is 11.4 Å². The summed E-state index contributed by atoms with van der Waals surface area (Å²) in [6, 6.07) is 26.0. The molecule has 0 spiro atoms. The minimum atomic E-state index is -0.283. The molecule has 0 fully saturated rings. The molecular formula is C20H16N4. The first-order valence-electron chi connectivity index (χ1n) is 7.85. The molecule has 0 amide bonds. The molecule has 0 saturated heterocycles. The molecule has 116 valence electrons. The minimum absolute atomic E-state index is 0.283. The van der Waals surface area contributed by atoms with Crippen LogP contribution in [0, 0.1) is 0 Å². The molecule has 4 heteroatoms. The lowest BCUT2D eigenvalue weighted by molar-refractivity contribution is 0.562. The highest BCUT2D eigenvalue weighted by Crippen LogP contribution is 2.20. The van der Waals surface area contributed by atoms with Crippen molar-refractivity contribution in [1.82, 2.24) is 10.4 Å². The van der Waals surface area contributed by atoms with Gasteiger partial charge in [0, 0.05) is 17.3 Å². The average Bonchev–Trinajstić information content (AvgIpc) is 2.69. The van der Waals surface area contributed by atoms with Gasteiger partial charge in [-0.25, -0.2) is 4.99 Å². The smallest absolute Gasteiger partial charge is 0.177 e. The lowest BCUT2D eigenvalue weighted by Crippen LogP contribution is -2.30. The highest BCUT2D eigenvalue weighted by molar-refractivity contribution is 6.53. The Balaban J connectivity index is 1.79. The van der Waals surface area contributed by atoms with Crippen LogP contribution >= 0.6 is 0 Å². The number of hydrazone groups is 1. The van der Waals surface area contributed by atoms with Crippen LogP contribution in [0.3, 0.4) is 0 Å². The molecule has 1 unspecified atom stereocenters. The van der Waals surface area contributed by atoms with Crippen LogP contribution < -0.4 is 5.43 Å². The van der Waals surface area contributed by atoms with Crippen molar-refractivity contribution in [3.05, 3.63) is 102 Å². The summed E-state index contributed by atoms with van der Waals surface area (Å²) < 4.78 is 0. The normalized spacial score (nSPS) is 16.8. The average molecular weight is 312 g/mol. The first kappa shape index (κ1) is 14.3. The summed E-state index contributed by atoms with van der Waals surface area (Å²) in [4.78, 5) is 9.28. The summed E-state index contributed by atoms with van der Waals surface area (Å²) >= 11 is 0. The molecule has 1 atom stereocenters. The van der Waals surface area contributed by atoms with Crippen LogP contribution in [0.2, 0.25) is 0 Å². The lowest BCUT2D eigenvalue weighted by Gasteiger charge is -2.22. The van der Waals surface area contributed by atoms with Crippen molar-refractivity contribution < 1.29 is 0 Å². The van der Waals surface area contributed by atoms with E-state index in [1.54, 1.807) is 6.20 Å². The van der Waals surface area contributed by atoms with Crippen LogP contribution in [0.5, 0.6) is 0 Å². The zero-order valence-electron chi connectivity index (χ0n) is 13.0. The maximum atomic E-state index is 4.89. The lowest BCUT2D eigenvalue weighted by atomic mass is 9.99. The number of hydrogen-bond acceptors (Lipinski definition) is 4. The predicted octanol–water partition coefficient (Wildman–Crippen LogP) is 3.58. The number of nitrogens with zero attached hydrogens (tertiary/aromatic N) is 3. The van der Waals surface area contributed by atoms with Gasteiger partial charge in [0.15, 0.2) is 6.17 Å². The Labute approximate surface area is 140 Å². The van der Waals surface area contributed by atoms with E-state index >= 15 is 0 Å². The van der Waals surface area contributed by atoms with Crippen molar-refractivity contribution in [3.8, 4) is 0 Å². The Morgan fingerprint density at radius 1 is 0.667 bits per heavy atom. The molecule has 4 nitrogen and oxygen atoms in total. The van der Waals surface area contributed by atoms with Crippen LogP contribution in [0.1, 0.15) is 23.0 Å². The fraction of sp³-hybridized carbons (Fsp3) is 0.0500. The van der Waals surface area contributed by atoms with Crippen LogP contribution in [0.4, 0.5) is 0 Å². The molecule has 1 aromatic heterocycles. The maximum Gasteiger partial charge on any atom is 0.177 e. The number of rotatable bonds is 3. The molecule has 0 radical (unpaired) electrons. The van der Waals surface area contributed by atoms with Gasteiger partial charge in [-0.05, 0) is 12.1 Å². The van der Waals surface area contributed by atoms with Gasteiger partial charge in [-0.1, -0.05) is 66.7 Å². The molecule has 3 aromatic rings. The van der Waals surface area contributed by atoms with Gasteiger partial charge in [0.25, 0.3) is 0 Å². The van der Waals surface area contributed by atoms with Gasteiger partial charge in [-0.3, -0.25) is 10.4 Å². The van der Waals surface area contributed by atoms with Crippen molar-refractivity contribution in [2.24, 2.45) is 10.1 Å². The van der Waals surface area contributed by atoms with Crippen LogP contribution in [0.25, 0.3) is 0 Å². The zero-order chi connectivity index (χ0) is 16.2. The fourth-order valence-corrected chi connectivity index (χ4v) is 2.67. The highest BCUT2D eigenvalue weighted by atomic mass is 15.4. The fourth-order valence-electron chi connectivity index (χ4n) is 2.67. The number of aromatic nitrogens is 1. The van der Waals surface area contributed by atoms with E-state index in [1.165, 1.54) is 0 Å². The third-order valence-corrected chi connectivity index (χ3v) is 3.84. The van der Waals surface area contributed by atoms with Crippen LogP contribution in [0.15, 0.2) is 95.2 Å². The van der Waals surface area contributed by atoms with Crippen LogP contribution in [-0.4, -0.2) is 16.4 Å². The van der Waals surface area contributed by atoms with Gasteiger partial charge >= 0.3 is 0 Å². The first-order chi connectivity index (χ1) is 11.9. The van der Waals surface area contributed by atoms with Gasteiger partial charge in [-0.2, -0.15) is 5.10 Å².